The molecule has 4 rings (SSSR count). The van der Waals surface area contributed by atoms with E-state index in [1.165, 1.54) is 17.0 Å². The van der Waals surface area contributed by atoms with E-state index in [1.807, 2.05) is 56.3 Å². The van der Waals surface area contributed by atoms with Crippen molar-refractivity contribution >= 4 is 16.0 Å². The normalized spacial score (nSPS) is 19.1. The van der Waals surface area contributed by atoms with Crippen molar-refractivity contribution in [3.8, 4) is 5.69 Å². The van der Waals surface area contributed by atoms with Crippen LogP contribution >= 0.6 is 0 Å². The van der Waals surface area contributed by atoms with Crippen LogP contribution in [0.5, 0.6) is 0 Å². The SMILES string of the molecule is CCCC1(CCc2ccccc2)CC(O)=C(C(CC)c2ccccc2-n2ccnc2S(N)(=O)=O)C(=O)O1. The summed E-state index contributed by atoms with van der Waals surface area (Å²) in [5.74, 6) is -1.03. The molecule has 0 saturated carbocycles. The van der Waals surface area contributed by atoms with Crippen LogP contribution in [0.15, 0.2) is 83.5 Å². The lowest BCUT2D eigenvalue weighted by molar-refractivity contribution is -0.161. The van der Waals surface area contributed by atoms with Gasteiger partial charge in [-0.3, -0.25) is 4.57 Å². The summed E-state index contributed by atoms with van der Waals surface area (Å²) in [6.07, 6.45) is 6.37. The van der Waals surface area contributed by atoms with E-state index in [9.17, 15) is 18.3 Å². The highest BCUT2D eigenvalue weighted by molar-refractivity contribution is 7.89. The smallest absolute Gasteiger partial charge is 0.338 e. The molecule has 37 heavy (non-hydrogen) atoms. The minimum Gasteiger partial charge on any atom is -0.512 e. The Morgan fingerprint density at radius 1 is 1.11 bits per heavy atom. The molecule has 0 saturated heterocycles. The molecule has 8 nitrogen and oxygen atoms in total. The van der Waals surface area contributed by atoms with E-state index in [1.54, 1.807) is 12.1 Å². The number of benzene rings is 2. The average Bonchev–Trinajstić information content (AvgIpc) is 3.37. The molecule has 0 amide bonds. The van der Waals surface area contributed by atoms with E-state index in [4.69, 9.17) is 9.88 Å². The Labute approximate surface area is 217 Å². The zero-order valence-corrected chi connectivity index (χ0v) is 21.9. The first-order valence-corrected chi connectivity index (χ1v) is 14.1. The minimum absolute atomic E-state index is 0.0247. The van der Waals surface area contributed by atoms with E-state index < -0.39 is 27.5 Å². The van der Waals surface area contributed by atoms with E-state index in [0.29, 0.717) is 30.5 Å². The molecule has 0 bridgehead atoms. The van der Waals surface area contributed by atoms with Gasteiger partial charge < -0.3 is 9.84 Å². The van der Waals surface area contributed by atoms with Crippen LogP contribution in [-0.2, 0) is 26.0 Å². The second-order valence-electron chi connectivity index (χ2n) is 9.49. The zero-order valence-electron chi connectivity index (χ0n) is 21.1. The largest absolute Gasteiger partial charge is 0.512 e. The topological polar surface area (TPSA) is 125 Å². The Bertz CT molecular complexity index is 1400. The van der Waals surface area contributed by atoms with E-state index in [-0.39, 0.29) is 22.9 Å². The molecular weight excluding hydrogens is 490 g/mol. The van der Waals surface area contributed by atoms with Crippen molar-refractivity contribution in [1.82, 2.24) is 9.55 Å². The number of hydrogen-bond donors (Lipinski definition) is 2. The van der Waals surface area contributed by atoms with Crippen LogP contribution in [0.2, 0.25) is 0 Å². The third-order valence-corrected chi connectivity index (χ3v) is 7.75. The van der Waals surface area contributed by atoms with Gasteiger partial charge in [-0.05, 0) is 42.9 Å². The summed E-state index contributed by atoms with van der Waals surface area (Å²) in [6.45, 7) is 3.94. The lowest BCUT2D eigenvalue weighted by Gasteiger charge is -2.39. The Hall–Kier alpha value is -3.43. The number of aliphatic hydroxyl groups is 1. The van der Waals surface area contributed by atoms with Gasteiger partial charge >= 0.3 is 5.97 Å². The maximum absolute atomic E-state index is 13.5. The second-order valence-corrected chi connectivity index (χ2v) is 10.9. The van der Waals surface area contributed by atoms with Crippen molar-refractivity contribution in [2.24, 2.45) is 5.14 Å². The maximum Gasteiger partial charge on any atom is 0.338 e. The van der Waals surface area contributed by atoms with Crippen LogP contribution in [0.25, 0.3) is 5.69 Å². The third-order valence-electron chi connectivity index (χ3n) is 6.94. The highest BCUT2D eigenvalue weighted by atomic mass is 32.2. The summed E-state index contributed by atoms with van der Waals surface area (Å²) in [6, 6.07) is 17.1. The molecule has 2 aromatic carbocycles. The maximum atomic E-state index is 13.5. The molecule has 9 heteroatoms. The van der Waals surface area contributed by atoms with Crippen LogP contribution in [0.4, 0.5) is 0 Å². The number of carbonyl (C=O) groups is 1. The van der Waals surface area contributed by atoms with Gasteiger partial charge in [-0.25, -0.2) is 23.3 Å². The van der Waals surface area contributed by atoms with Crippen LogP contribution in [-0.4, -0.2) is 34.6 Å². The number of cyclic esters (lactones) is 1. The lowest BCUT2D eigenvalue weighted by atomic mass is 9.79. The summed E-state index contributed by atoms with van der Waals surface area (Å²) in [4.78, 5) is 17.4. The van der Waals surface area contributed by atoms with Gasteiger partial charge in [-0.2, -0.15) is 0 Å². The molecule has 1 aromatic heterocycles. The number of aliphatic hydroxyl groups excluding tert-OH is 1. The molecule has 3 N–H and O–H groups in total. The van der Waals surface area contributed by atoms with Gasteiger partial charge in [-0.1, -0.05) is 68.8 Å². The number of imidazole rings is 1. The number of nitrogens with zero attached hydrogens (tertiary/aromatic N) is 2. The second kappa shape index (κ2) is 10.9. The molecule has 2 heterocycles. The molecule has 0 fully saturated rings. The Morgan fingerprint density at radius 2 is 1.81 bits per heavy atom. The van der Waals surface area contributed by atoms with Crippen LogP contribution in [0, 0.1) is 0 Å². The van der Waals surface area contributed by atoms with Crippen molar-refractivity contribution in [3.63, 3.8) is 0 Å². The molecule has 0 spiro atoms. The van der Waals surface area contributed by atoms with Gasteiger partial charge in [-0.15, -0.1) is 0 Å². The van der Waals surface area contributed by atoms with Gasteiger partial charge in [0, 0.05) is 24.7 Å². The van der Waals surface area contributed by atoms with Gasteiger partial charge in [0.2, 0.25) is 5.16 Å². The van der Waals surface area contributed by atoms with Gasteiger partial charge in [0.05, 0.1) is 11.3 Å². The number of hydrogen-bond acceptors (Lipinski definition) is 6. The standard InChI is InChI=1S/C28H33N3O5S/c1-3-15-28(16-14-20-10-6-5-7-11-20)19-24(32)25(26(33)36-28)21(4-2)22-12-8-9-13-23(22)31-18-17-30-27(31)37(29,34)35/h5-13,17-18,21,32H,3-4,14-16,19H2,1-2H3,(H2,29,34,35). The fourth-order valence-corrected chi connectivity index (χ4v) is 5.93. The molecular formula is C28H33N3O5S. The zero-order chi connectivity index (χ0) is 26.6. The fourth-order valence-electron chi connectivity index (χ4n) is 5.29. The quantitative estimate of drug-likeness (QED) is 0.363. The van der Waals surface area contributed by atoms with Crippen LogP contribution < -0.4 is 5.14 Å². The number of nitrogens with two attached hydrogens (primary N) is 1. The lowest BCUT2D eigenvalue weighted by Crippen LogP contribution is -2.41. The Balaban J connectivity index is 1.71. The molecule has 0 radical (unpaired) electrons. The molecule has 196 valence electrons. The number of carbonyl (C=O) groups excluding carboxylic acids is 1. The first-order chi connectivity index (χ1) is 17.7. The van der Waals surface area contributed by atoms with E-state index >= 15 is 0 Å². The summed E-state index contributed by atoms with van der Waals surface area (Å²) in [7, 11) is -4.09. The number of sulfonamides is 1. The molecule has 2 unspecified atom stereocenters. The number of rotatable bonds is 10. The average molecular weight is 524 g/mol. The summed E-state index contributed by atoms with van der Waals surface area (Å²) < 4.78 is 31.8. The first kappa shape index (κ1) is 26.6. The van der Waals surface area contributed by atoms with Crippen LogP contribution in [0.1, 0.15) is 63.0 Å². The number of primary sulfonamides is 1. The molecule has 1 aliphatic heterocycles. The molecule has 1 aliphatic rings. The van der Waals surface area contributed by atoms with Gasteiger partial charge in [0.15, 0.2) is 0 Å². The number of aryl methyl sites for hydroxylation is 1. The molecule has 3 aromatic rings. The van der Waals surface area contributed by atoms with Gasteiger partial charge in [0.25, 0.3) is 10.0 Å². The third kappa shape index (κ3) is 5.62. The highest BCUT2D eigenvalue weighted by Crippen LogP contribution is 2.43. The predicted octanol–water partition coefficient (Wildman–Crippen LogP) is 4.94. The summed E-state index contributed by atoms with van der Waals surface area (Å²) >= 11 is 0. The predicted molar refractivity (Wildman–Crippen MR) is 141 cm³/mol. The van der Waals surface area contributed by atoms with Crippen molar-refractivity contribution in [2.75, 3.05) is 0 Å². The van der Waals surface area contributed by atoms with Crippen molar-refractivity contribution in [3.05, 3.63) is 89.5 Å². The monoisotopic (exact) mass is 523 g/mol. The van der Waals surface area contributed by atoms with Crippen LogP contribution in [0.3, 0.4) is 0 Å². The number of esters is 1. The van der Waals surface area contributed by atoms with E-state index in [2.05, 4.69) is 4.98 Å². The van der Waals surface area contributed by atoms with Crippen molar-refractivity contribution in [2.45, 2.75) is 69.0 Å². The number of aromatic nitrogens is 2. The highest BCUT2D eigenvalue weighted by Gasteiger charge is 2.43. The van der Waals surface area contributed by atoms with Gasteiger partial charge in [0.1, 0.15) is 11.4 Å². The van der Waals surface area contributed by atoms with Crippen molar-refractivity contribution < 1.29 is 23.1 Å². The fraction of sp³-hybridized carbons (Fsp3) is 0.357. The van der Waals surface area contributed by atoms with E-state index in [0.717, 1.165) is 18.4 Å². The Kier molecular flexibility index (Phi) is 7.85. The molecule has 2 atom stereocenters. The number of ether oxygens (including phenoxy) is 1. The van der Waals surface area contributed by atoms with Crippen molar-refractivity contribution in [1.29, 1.82) is 0 Å². The summed E-state index contributed by atoms with van der Waals surface area (Å²) in [5, 5.41) is 16.4. The number of para-hydroxylation sites is 1. The first-order valence-electron chi connectivity index (χ1n) is 12.5. The molecule has 0 aliphatic carbocycles. The Morgan fingerprint density at radius 3 is 2.46 bits per heavy atom. The summed E-state index contributed by atoms with van der Waals surface area (Å²) in [5.41, 5.74) is 1.75. The minimum atomic E-state index is -4.09.